The summed E-state index contributed by atoms with van der Waals surface area (Å²) in [5.41, 5.74) is 1.19. The maximum atomic E-state index is 13.1. The van der Waals surface area contributed by atoms with Gasteiger partial charge in [0.15, 0.2) is 0 Å². The molecular formula is C18H15BrN2O4S. The zero-order chi connectivity index (χ0) is 18.7. The van der Waals surface area contributed by atoms with E-state index in [0.717, 1.165) is 3.97 Å². The summed E-state index contributed by atoms with van der Waals surface area (Å²) in [4.78, 5) is 16.0. The molecule has 8 heteroatoms. The highest BCUT2D eigenvalue weighted by molar-refractivity contribution is 9.10. The number of rotatable bonds is 5. The molecule has 26 heavy (non-hydrogen) atoms. The predicted molar refractivity (Wildman–Crippen MR) is 100 cm³/mol. The second-order valence-corrected chi connectivity index (χ2v) is 8.07. The van der Waals surface area contributed by atoms with Gasteiger partial charge in [-0.15, -0.1) is 0 Å². The molecule has 6 nitrogen and oxygen atoms in total. The molecule has 1 aromatic carbocycles. The number of carbonyl (C=O) groups excluding carboxylic acids is 1. The van der Waals surface area contributed by atoms with Gasteiger partial charge in [0, 0.05) is 23.1 Å². The van der Waals surface area contributed by atoms with Gasteiger partial charge in [0.1, 0.15) is 4.90 Å². The highest BCUT2D eigenvalue weighted by Crippen LogP contribution is 2.28. The molecule has 0 amide bonds. The number of ether oxygens (including phenoxy) is 1. The number of aromatic nitrogens is 2. The van der Waals surface area contributed by atoms with Crippen molar-refractivity contribution in [1.82, 2.24) is 8.96 Å². The third-order valence-corrected chi connectivity index (χ3v) is 5.68. The lowest BCUT2D eigenvalue weighted by Gasteiger charge is -2.10. The van der Waals surface area contributed by atoms with Crippen molar-refractivity contribution in [2.45, 2.75) is 11.8 Å². The van der Waals surface area contributed by atoms with Crippen LogP contribution in [-0.4, -0.2) is 30.0 Å². The van der Waals surface area contributed by atoms with Crippen molar-refractivity contribution in [1.29, 1.82) is 0 Å². The van der Waals surface area contributed by atoms with Crippen molar-refractivity contribution < 1.29 is 17.9 Å². The van der Waals surface area contributed by atoms with E-state index in [-0.39, 0.29) is 17.1 Å². The van der Waals surface area contributed by atoms with Crippen LogP contribution in [-0.2, 0) is 14.8 Å². The summed E-state index contributed by atoms with van der Waals surface area (Å²) in [7, 11) is -3.95. The second-order valence-electron chi connectivity index (χ2n) is 5.34. The topological polar surface area (TPSA) is 78.3 Å². The molecule has 0 spiro atoms. The van der Waals surface area contributed by atoms with Crippen molar-refractivity contribution in [3.63, 3.8) is 0 Å². The van der Waals surface area contributed by atoms with Crippen LogP contribution in [0.15, 0.2) is 70.4 Å². The molecule has 2 heterocycles. The first-order valence-electron chi connectivity index (χ1n) is 7.74. The van der Waals surface area contributed by atoms with Crippen LogP contribution < -0.4 is 0 Å². The minimum absolute atomic E-state index is 0.00932. The van der Waals surface area contributed by atoms with Crippen LogP contribution in [0.2, 0.25) is 0 Å². The van der Waals surface area contributed by atoms with Gasteiger partial charge in [0.25, 0.3) is 10.0 Å². The minimum Gasteiger partial charge on any atom is -0.462 e. The van der Waals surface area contributed by atoms with Crippen molar-refractivity contribution in [2.24, 2.45) is 0 Å². The Morgan fingerprint density at radius 1 is 1.19 bits per heavy atom. The number of pyridine rings is 1. The summed E-state index contributed by atoms with van der Waals surface area (Å²) in [6, 6.07) is 11.9. The number of nitrogens with zero attached hydrogens (tertiary/aromatic N) is 2. The molecule has 0 aliphatic carbocycles. The quantitative estimate of drug-likeness (QED) is 0.571. The van der Waals surface area contributed by atoms with Gasteiger partial charge in [-0.05, 0) is 40.5 Å². The molecule has 0 aliphatic heterocycles. The Bertz CT molecular complexity index is 1050. The summed E-state index contributed by atoms with van der Waals surface area (Å²) in [6.45, 7) is 1.89. The molecule has 0 bridgehead atoms. The highest BCUT2D eigenvalue weighted by atomic mass is 79.9. The number of hydrogen-bond acceptors (Lipinski definition) is 5. The molecule has 2 aromatic heterocycles. The van der Waals surface area contributed by atoms with Crippen LogP contribution in [0.1, 0.15) is 17.3 Å². The lowest BCUT2D eigenvalue weighted by molar-refractivity contribution is 0.0526. The van der Waals surface area contributed by atoms with Crippen LogP contribution >= 0.6 is 15.9 Å². The van der Waals surface area contributed by atoms with E-state index in [0.29, 0.717) is 15.7 Å². The Morgan fingerprint density at radius 2 is 1.92 bits per heavy atom. The Labute approximate surface area is 159 Å². The lowest BCUT2D eigenvalue weighted by Crippen LogP contribution is -2.14. The van der Waals surface area contributed by atoms with Crippen molar-refractivity contribution >= 4 is 31.9 Å². The van der Waals surface area contributed by atoms with Gasteiger partial charge in [-0.1, -0.05) is 30.3 Å². The third-order valence-electron chi connectivity index (χ3n) is 3.60. The van der Waals surface area contributed by atoms with Crippen molar-refractivity contribution in [2.75, 3.05) is 6.61 Å². The zero-order valence-electron chi connectivity index (χ0n) is 13.8. The molecule has 3 aromatic rings. The van der Waals surface area contributed by atoms with Crippen molar-refractivity contribution in [3.8, 4) is 11.3 Å². The molecule has 0 aliphatic rings. The Hall–Kier alpha value is -2.45. The monoisotopic (exact) mass is 434 g/mol. The molecule has 0 unspecified atom stereocenters. The lowest BCUT2D eigenvalue weighted by atomic mass is 10.1. The minimum atomic E-state index is -3.95. The number of benzene rings is 1. The Morgan fingerprint density at radius 3 is 2.58 bits per heavy atom. The molecule has 0 radical (unpaired) electrons. The van der Waals surface area contributed by atoms with E-state index in [1.165, 1.54) is 30.7 Å². The largest absolute Gasteiger partial charge is 0.462 e. The van der Waals surface area contributed by atoms with Crippen LogP contribution in [0.25, 0.3) is 11.3 Å². The standard InChI is InChI=1S/C18H15BrN2O4S/c1-2-25-18(22)14-8-17(13-6-4-3-5-7-13)21(12-14)26(23,24)16-9-15(19)10-20-11-16/h3-12H,2H2,1H3. The molecule has 0 saturated heterocycles. The first-order chi connectivity index (χ1) is 12.4. The Balaban J connectivity index is 2.20. The molecule has 0 atom stereocenters. The van der Waals surface area contributed by atoms with Gasteiger partial charge in [-0.2, -0.15) is 0 Å². The van der Waals surface area contributed by atoms with Crippen LogP contribution in [0.3, 0.4) is 0 Å². The zero-order valence-corrected chi connectivity index (χ0v) is 16.2. The highest BCUT2D eigenvalue weighted by Gasteiger charge is 2.24. The van der Waals surface area contributed by atoms with Crippen LogP contribution in [0.4, 0.5) is 0 Å². The maximum absolute atomic E-state index is 13.1. The van der Waals surface area contributed by atoms with Gasteiger partial charge in [-0.3, -0.25) is 4.98 Å². The van der Waals surface area contributed by atoms with E-state index >= 15 is 0 Å². The SMILES string of the molecule is CCOC(=O)c1cc(-c2ccccc2)n(S(=O)(=O)c2cncc(Br)c2)c1. The second kappa shape index (κ2) is 7.43. The fourth-order valence-corrected chi connectivity index (χ4v) is 4.32. The number of carbonyl (C=O) groups is 1. The van der Waals surface area contributed by atoms with Gasteiger partial charge < -0.3 is 4.74 Å². The number of hydrogen-bond donors (Lipinski definition) is 0. The summed E-state index contributed by atoms with van der Waals surface area (Å²) in [5.74, 6) is -0.578. The molecular weight excluding hydrogens is 420 g/mol. The maximum Gasteiger partial charge on any atom is 0.339 e. The smallest absolute Gasteiger partial charge is 0.339 e. The van der Waals surface area contributed by atoms with E-state index in [2.05, 4.69) is 20.9 Å². The molecule has 134 valence electrons. The average Bonchev–Trinajstić information content (AvgIpc) is 3.09. The van der Waals surface area contributed by atoms with E-state index in [1.54, 1.807) is 31.2 Å². The van der Waals surface area contributed by atoms with Gasteiger partial charge in [-0.25, -0.2) is 17.2 Å². The molecule has 0 N–H and O–H groups in total. The summed E-state index contributed by atoms with van der Waals surface area (Å²) in [6.07, 6.45) is 4.03. The van der Waals surface area contributed by atoms with Crippen LogP contribution in [0, 0.1) is 0 Å². The molecule has 0 fully saturated rings. The normalized spacial score (nSPS) is 11.3. The van der Waals surface area contributed by atoms with Crippen LogP contribution in [0.5, 0.6) is 0 Å². The summed E-state index contributed by atoms with van der Waals surface area (Å²) < 4.78 is 32.9. The number of halogens is 1. The third kappa shape index (κ3) is 3.56. The predicted octanol–water partition coefficient (Wildman–Crippen LogP) is 3.73. The summed E-state index contributed by atoms with van der Waals surface area (Å²) in [5, 5.41) is 0. The van der Waals surface area contributed by atoms with E-state index in [9.17, 15) is 13.2 Å². The Kier molecular flexibility index (Phi) is 5.24. The van der Waals surface area contributed by atoms with Gasteiger partial charge in [0.2, 0.25) is 0 Å². The first kappa shape index (κ1) is 18.3. The first-order valence-corrected chi connectivity index (χ1v) is 9.98. The van der Waals surface area contributed by atoms with E-state index in [4.69, 9.17) is 4.74 Å². The summed E-state index contributed by atoms with van der Waals surface area (Å²) >= 11 is 3.23. The fraction of sp³-hybridized carbons (Fsp3) is 0.111. The van der Waals surface area contributed by atoms with Gasteiger partial charge in [0.05, 0.1) is 17.9 Å². The average molecular weight is 435 g/mol. The molecule has 3 rings (SSSR count). The van der Waals surface area contributed by atoms with E-state index in [1.807, 2.05) is 6.07 Å². The fourth-order valence-electron chi connectivity index (χ4n) is 2.44. The van der Waals surface area contributed by atoms with Crippen molar-refractivity contribution in [3.05, 3.63) is 71.1 Å². The molecule has 0 saturated carbocycles. The number of esters is 1. The van der Waals surface area contributed by atoms with E-state index < -0.39 is 16.0 Å². The van der Waals surface area contributed by atoms with Gasteiger partial charge >= 0.3 is 5.97 Å².